The number of benzene rings is 1. The maximum atomic E-state index is 12.7. The Balaban J connectivity index is 1.66. The molecular formula is C17H23N5O5S. The van der Waals surface area contributed by atoms with Crippen LogP contribution in [0.2, 0.25) is 0 Å². The van der Waals surface area contributed by atoms with E-state index in [0.717, 1.165) is 0 Å². The van der Waals surface area contributed by atoms with E-state index < -0.39 is 10.0 Å². The highest BCUT2D eigenvalue weighted by Gasteiger charge is 2.29. The van der Waals surface area contributed by atoms with Crippen molar-refractivity contribution in [3.8, 4) is 11.5 Å². The average molecular weight is 409 g/mol. The lowest BCUT2D eigenvalue weighted by molar-refractivity contribution is 0.214. The zero-order chi connectivity index (χ0) is 20.1. The molecule has 1 aromatic carbocycles. The molecule has 2 heterocycles. The van der Waals surface area contributed by atoms with Gasteiger partial charge in [-0.2, -0.15) is 4.31 Å². The third kappa shape index (κ3) is 4.37. The first-order chi connectivity index (χ1) is 13.4. The van der Waals surface area contributed by atoms with Gasteiger partial charge in [0.1, 0.15) is 11.5 Å². The number of H-pyrrole nitrogens is 1. The Morgan fingerprint density at radius 1 is 1.11 bits per heavy atom. The SMILES string of the molecule is COc1cc(NC(=O)N2CCCN(S(=O)(=O)c3cnc[nH]3)CC2)cc(OC)c1. The predicted octanol–water partition coefficient (Wildman–Crippen LogP) is 1.36. The summed E-state index contributed by atoms with van der Waals surface area (Å²) in [7, 11) is -0.581. The average Bonchev–Trinajstić information content (AvgIpc) is 3.12. The summed E-state index contributed by atoms with van der Waals surface area (Å²) in [6, 6.07) is 4.77. The van der Waals surface area contributed by atoms with Gasteiger partial charge < -0.3 is 24.7 Å². The van der Waals surface area contributed by atoms with Gasteiger partial charge in [0.05, 0.1) is 26.7 Å². The molecule has 11 heteroatoms. The first-order valence-corrected chi connectivity index (χ1v) is 10.2. The van der Waals surface area contributed by atoms with Crippen LogP contribution < -0.4 is 14.8 Å². The van der Waals surface area contributed by atoms with E-state index in [1.165, 1.54) is 31.0 Å². The number of amides is 2. The molecule has 0 bridgehead atoms. The van der Waals surface area contributed by atoms with E-state index in [2.05, 4.69) is 15.3 Å². The second kappa shape index (κ2) is 8.48. The van der Waals surface area contributed by atoms with Gasteiger partial charge in [0.15, 0.2) is 5.03 Å². The van der Waals surface area contributed by atoms with Crippen LogP contribution in [0.5, 0.6) is 11.5 Å². The normalized spacial score (nSPS) is 15.7. The van der Waals surface area contributed by atoms with E-state index in [1.807, 2.05) is 0 Å². The number of aromatic nitrogens is 2. The van der Waals surface area contributed by atoms with Crippen molar-refractivity contribution in [2.24, 2.45) is 0 Å². The summed E-state index contributed by atoms with van der Waals surface area (Å²) in [5.41, 5.74) is 0.535. The lowest BCUT2D eigenvalue weighted by Crippen LogP contribution is -2.39. The quantitative estimate of drug-likeness (QED) is 0.770. The van der Waals surface area contributed by atoms with Gasteiger partial charge in [-0.1, -0.05) is 0 Å². The molecule has 0 spiro atoms. The Bertz CT molecular complexity index is 894. The molecule has 3 rings (SSSR count). The molecule has 0 unspecified atom stereocenters. The number of aromatic amines is 1. The standard InChI is InChI=1S/C17H23N5O5S/c1-26-14-8-13(9-15(10-14)27-2)20-17(23)21-4-3-5-22(7-6-21)28(24,25)16-11-18-12-19-16/h8-12H,3-7H2,1-2H3,(H,18,19)(H,20,23). The summed E-state index contributed by atoms with van der Waals surface area (Å²) in [5.74, 6) is 1.12. The van der Waals surface area contributed by atoms with E-state index >= 15 is 0 Å². The van der Waals surface area contributed by atoms with Crippen molar-refractivity contribution in [2.75, 3.05) is 45.7 Å². The van der Waals surface area contributed by atoms with Gasteiger partial charge in [0.2, 0.25) is 0 Å². The molecule has 0 saturated carbocycles. The van der Waals surface area contributed by atoms with Crippen molar-refractivity contribution in [1.82, 2.24) is 19.2 Å². The summed E-state index contributed by atoms with van der Waals surface area (Å²) < 4.78 is 37.0. The number of ether oxygens (including phenoxy) is 2. The van der Waals surface area contributed by atoms with Crippen LogP contribution in [0.4, 0.5) is 10.5 Å². The lowest BCUT2D eigenvalue weighted by Gasteiger charge is -2.22. The zero-order valence-electron chi connectivity index (χ0n) is 15.7. The van der Waals surface area contributed by atoms with Gasteiger partial charge in [-0.05, 0) is 6.42 Å². The van der Waals surface area contributed by atoms with Crippen molar-refractivity contribution in [1.29, 1.82) is 0 Å². The molecule has 28 heavy (non-hydrogen) atoms. The molecule has 1 aromatic heterocycles. The molecular weight excluding hydrogens is 386 g/mol. The van der Waals surface area contributed by atoms with E-state index in [4.69, 9.17) is 9.47 Å². The van der Waals surface area contributed by atoms with Crippen molar-refractivity contribution in [3.05, 3.63) is 30.7 Å². The van der Waals surface area contributed by atoms with Gasteiger partial charge in [0, 0.05) is 50.1 Å². The first kappa shape index (κ1) is 20.0. The Morgan fingerprint density at radius 3 is 2.43 bits per heavy atom. The summed E-state index contributed by atoms with van der Waals surface area (Å²) in [6.07, 6.45) is 3.13. The first-order valence-electron chi connectivity index (χ1n) is 8.71. The predicted molar refractivity (Wildman–Crippen MR) is 102 cm³/mol. The summed E-state index contributed by atoms with van der Waals surface area (Å²) in [4.78, 5) is 20.6. The maximum absolute atomic E-state index is 12.7. The number of nitrogens with one attached hydrogen (secondary N) is 2. The van der Waals surface area contributed by atoms with Crippen LogP contribution in [0, 0.1) is 0 Å². The number of carbonyl (C=O) groups excluding carboxylic acids is 1. The molecule has 2 amide bonds. The highest BCUT2D eigenvalue weighted by Crippen LogP contribution is 2.26. The van der Waals surface area contributed by atoms with Gasteiger partial charge in [-0.25, -0.2) is 18.2 Å². The topological polar surface area (TPSA) is 117 Å². The molecule has 1 fully saturated rings. The van der Waals surface area contributed by atoms with E-state index in [0.29, 0.717) is 36.7 Å². The molecule has 2 N–H and O–H groups in total. The highest BCUT2D eigenvalue weighted by atomic mass is 32.2. The number of rotatable bonds is 5. The lowest BCUT2D eigenvalue weighted by atomic mass is 10.2. The number of imidazole rings is 1. The minimum absolute atomic E-state index is 0.0499. The minimum atomic E-state index is -3.64. The number of urea groups is 1. The second-order valence-corrected chi connectivity index (χ2v) is 8.10. The molecule has 0 aliphatic carbocycles. The van der Waals surface area contributed by atoms with Gasteiger partial charge in [-0.15, -0.1) is 0 Å². The van der Waals surface area contributed by atoms with Crippen molar-refractivity contribution in [3.63, 3.8) is 0 Å². The monoisotopic (exact) mass is 409 g/mol. The van der Waals surface area contributed by atoms with Crippen LogP contribution in [0.1, 0.15) is 6.42 Å². The van der Waals surface area contributed by atoms with E-state index in [9.17, 15) is 13.2 Å². The molecule has 10 nitrogen and oxygen atoms in total. The van der Waals surface area contributed by atoms with Gasteiger partial charge in [0.25, 0.3) is 10.0 Å². The fourth-order valence-corrected chi connectivity index (χ4v) is 4.31. The number of hydrogen-bond donors (Lipinski definition) is 2. The molecule has 1 aliphatic heterocycles. The van der Waals surface area contributed by atoms with Crippen molar-refractivity contribution < 1.29 is 22.7 Å². The molecule has 152 valence electrons. The number of hydrogen-bond acceptors (Lipinski definition) is 6. The summed E-state index contributed by atoms with van der Waals surface area (Å²) >= 11 is 0. The third-order valence-corrected chi connectivity index (χ3v) is 6.26. The van der Waals surface area contributed by atoms with Crippen LogP contribution in [-0.2, 0) is 10.0 Å². The number of sulfonamides is 1. The van der Waals surface area contributed by atoms with E-state index in [1.54, 1.807) is 23.1 Å². The molecule has 0 atom stereocenters. The fraction of sp³-hybridized carbons (Fsp3) is 0.412. The van der Waals surface area contributed by atoms with Crippen LogP contribution in [0.3, 0.4) is 0 Å². The van der Waals surface area contributed by atoms with E-state index in [-0.39, 0.29) is 24.1 Å². The number of carbonyl (C=O) groups is 1. The summed E-state index contributed by atoms with van der Waals surface area (Å²) in [6.45, 7) is 1.26. The smallest absolute Gasteiger partial charge is 0.321 e. The van der Waals surface area contributed by atoms with Gasteiger partial charge in [-0.3, -0.25) is 0 Å². The minimum Gasteiger partial charge on any atom is -0.497 e. The molecule has 1 saturated heterocycles. The number of anilines is 1. The number of nitrogens with zero attached hydrogens (tertiary/aromatic N) is 3. The second-order valence-electron chi connectivity index (χ2n) is 6.19. The zero-order valence-corrected chi connectivity index (χ0v) is 16.5. The Labute approximate surface area is 163 Å². The largest absolute Gasteiger partial charge is 0.497 e. The Kier molecular flexibility index (Phi) is 6.05. The van der Waals surface area contributed by atoms with Crippen LogP contribution in [-0.4, -0.2) is 74.0 Å². The van der Waals surface area contributed by atoms with Crippen LogP contribution in [0.25, 0.3) is 0 Å². The Hall–Kier alpha value is -2.79. The van der Waals surface area contributed by atoms with Crippen molar-refractivity contribution in [2.45, 2.75) is 11.4 Å². The van der Waals surface area contributed by atoms with Crippen LogP contribution in [0.15, 0.2) is 35.7 Å². The number of methoxy groups -OCH3 is 2. The molecule has 1 aliphatic rings. The summed E-state index contributed by atoms with van der Waals surface area (Å²) in [5, 5.41) is 2.86. The Morgan fingerprint density at radius 2 is 1.82 bits per heavy atom. The molecule has 0 radical (unpaired) electrons. The maximum Gasteiger partial charge on any atom is 0.321 e. The third-order valence-electron chi connectivity index (χ3n) is 4.44. The highest BCUT2D eigenvalue weighted by molar-refractivity contribution is 7.89. The van der Waals surface area contributed by atoms with Crippen LogP contribution >= 0.6 is 0 Å². The molecule has 2 aromatic rings. The fourth-order valence-electron chi connectivity index (χ4n) is 2.94. The van der Waals surface area contributed by atoms with Crippen molar-refractivity contribution >= 4 is 21.7 Å². The van der Waals surface area contributed by atoms with Gasteiger partial charge >= 0.3 is 6.03 Å².